The molecule has 0 aliphatic carbocycles. The maximum Gasteiger partial charge on any atom is 0.268 e. The highest BCUT2D eigenvalue weighted by Crippen LogP contribution is 2.12. The number of ether oxygens (including phenoxy) is 2. The maximum absolute atomic E-state index is 5.60. The highest BCUT2D eigenvalue weighted by atomic mass is 28.4. The van der Waals surface area contributed by atoms with E-state index < -0.39 is 8.32 Å². The van der Waals surface area contributed by atoms with Crippen molar-refractivity contribution in [3.05, 3.63) is 24.4 Å². The summed E-state index contributed by atoms with van der Waals surface area (Å²) >= 11 is 0. The second-order valence-corrected chi connectivity index (χ2v) is 7.98. The summed E-state index contributed by atoms with van der Waals surface area (Å²) in [6.45, 7) is 9.88. The van der Waals surface area contributed by atoms with Crippen molar-refractivity contribution >= 4 is 8.32 Å². The van der Waals surface area contributed by atoms with E-state index in [-0.39, 0.29) is 0 Å². The van der Waals surface area contributed by atoms with Gasteiger partial charge in [-0.2, -0.15) is 0 Å². The average Bonchev–Trinajstić information content (AvgIpc) is 2.00. The highest BCUT2D eigenvalue weighted by Gasteiger charge is 2.18. The molecule has 0 unspecified atom stereocenters. The Morgan fingerprint density at radius 1 is 1.15 bits per heavy atom. The molecule has 0 aromatic carbocycles. The second kappa shape index (κ2) is 4.96. The summed E-state index contributed by atoms with van der Waals surface area (Å²) in [5, 5.41) is 0. The van der Waals surface area contributed by atoms with Gasteiger partial charge in [-0.05, 0) is 19.6 Å². The van der Waals surface area contributed by atoms with Gasteiger partial charge in [-0.1, -0.05) is 6.58 Å². The summed E-state index contributed by atoms with van der Waals surface area (Å²) in [5.41, 5.74) is 0. The fourth-order valence-electron chi connectivity index (χ4n) is 0.622. The molecule has 0 heterocycles. The first kappa shape index (κ1) is 12.1. The lowest BCUT2D eigenvalue weighted by Gasteiger charge is -2.20. The molecule has 0 amide bonds. The topological polar surface area (TPSA) is 27.7 Å². The Balaban J connectivity index is 4.34. The third-order valence-corrected chi connectivity index (χ3v) is 1.96. The van der Waals surface area contributed by atoms with Gasteiger partial charge in [0.15, 0.2) is 0 Å². The normalized spacial score (nSPS) is 12.2. The van der Waals surface area contributed by atoms with Gasteiger partial charge in [-0.15, -0.1) is 0 Å². The van der Waals surface area contributed by atoms with Gasteiger partial charge in [0.25, 0.3) is 5.95 Å². The molecule has 76 valence electrons. The van der Waals surface area contributed by atoms with Gasteiger partial charge in [-0.25, -0.2) is 0 Å². The monoisotopic (exact) mass is 202 g/mol. The molecule has 0 aliphatic rings. The summed E-state index contributed by atoms with van der Waals surface area (Å²) in [6.07, 6.45) is 1.64. The van der Waals surface area contributed by atoms with Crippen LogP contribution in [-0.4, -0.2) is 22.5 Å². The first-order chi connectivity index (χ1) is 5.89. The molecule has 0 bridgehead atoms. The minimum absolute atomic E-state index is 0.464. The van der Waals surface area contributed by atoms with Crippen LogP contribution in [0, 0.1) is 0 Å². The molecule has 0 spiro atoms. The summed E-state index contributed by atoms with van der Waals surface area (Å²) < 4.78 is 15.5. The molecule has 0 atom stereocenters. The van der Waals surface area contributed by atoms with Crippen LogP contribution in [0.5, 0.6) is 0 Å². The first-order valence-electron chi connectivity index (χ1n) is 4.06. The van der Waals surface area contributed by atoms with E-state index in [1.165, 1.54) is 0 Å². The molecular weight excluding hydrogens is 184 g/mol. The van der Waals surface area contributed by atoms with Gasteiger partial charge in [-0.3, -0.25) is 0 Å². The molecule has 0 N–H and O–H groups in total. The van der Waals surface area contributed by atoms with E-state index in [2.05, 4.69) is 26.2 Å². The van der Waals surface area contributed by atoms with E-state index in [0.29, 0.717) is 11.7 Å². The van der Waals surface area contributed by atoms with E-state index >= 15 is 0 Å². The zero-order valence-electron chi connectivity index (χ0n) is 9.01. The van der Waals surface area contributed by atoms with Crippen molar-refractivity contribution in [3.63, 3.8) is 0 Å². The van der Waals surface area contributed by atoms with Crippen LogP contribution in [0.1, 0.15) is 0 Å². The molecular formula is C9H18O3Si. The molecule has 0 aromatic rings. The van der Waals surface area contributed by atoms with Crippen LogP contribution in [0.3, 0.4) is 0 Å². The Morgan fingerprint density at radius 3 is 2.00 bits per heavy atom. The third kappa shape index (κ3) is 6.28. The zero-order chi connectivity index (χ0) is 10.5. The predicted molar refractivity (Wildman–Crippen MR) is 55.7 cm³/mol. The molecule has 13 heavy (non-hydrogen) atoms. The predicted octanol–water partition coefficient (Wildman–Crippen LogP) is 2.49. The minimum atomic E-state index is -1.61. The summed E-state index contributed by atoms with van der Waals surface area (Å²) in [6, 6.07) is 0. The fraction of sp³-hybridized carbons (Fsp3) is 0.556. The lowest BCUT2D eigenvalue weighted by molar-refractivity contribution is 0.144. The molecule has 3 nitrogen and oxygen atoms in total. The maximum atomic E-state index is 5.60. The van der Waals surface area contributed by atoms with Crippen molar-refractivity contribution in [2.24, 2.45) is 0 Å². The van der Waals surface area contributed by atoms with Crippen LogP contribution >= 0.6 is 0 Å². The van der Waals surface area contributed by atoms with Crippen molar-refractivity contribution < 1.29 is 13.9 Å². The molecule has 0 radical (unpaired) electrons. The number of hydrogen-bond acceptors (Lipinski definition) is 3. The van der Waals surface area contributed by atoms with Crippen LogP contribution in [0.25, 0.3) is 0 Å². The molecule has 4 heteroatoms. The lowest BCUT2D eigenvalue weighted by Crippen LogP contribution is -2.25. The van der Waals surface area contributed by atoms with Gasteiger partial charge in [0, 0.05) is 0 Å². The van der Waals surface area contributed by atoms with Crippen molar-refractivity contribution in [2.45, 2.75) is 19.6 Å². The van der Waals surface area contributed by atoms with Crippen LogP contribution in [0.4, 0.5) is 0 Å². The van der Waals surface area contributed by atoms with Gasteiger partial charge in [0.2, 0.25) is 8.32 Å². The van der Waals surface area contributed by atoms with Crippen molar-refractivity contribution in [3.8, 4) is 0 Å². The Hall–Kier alpha value is -0.903. The molecule has 0 rings (SSSR count). The van der Waals surface area contributed by atoms with Gasteiger partial charge in [0.05, 0.1) is 20.3 Å². The molecule has 0 aliphatic heterocycles. The molecule has 0 fully saturated rings. The van der Waals surface area contributed by atoms with E-state index in [4.69, 9.17) is 13.9 Å². The number of rotatable bonds is 5. The summed E-state index contributed by atoms with van der Waals surface area (Å²) in [5.74, 6) is 0.987. The van der Waals surface area contributed by atoms with Crippen molar-refractivity contribution in [2.75, 3.05) is 14.2 Å². The third-order valence-electron chi connectivity index (χ3n) is 1.15. The Kier molecular flexibility index (Phi) is 4.62. The number of methoxy groups -OCH3 is 2. The van der Waals surface area contributed by atoms with E-state index in [0.717, 1.165) is 0 Å². The van der Waals surface area contributed by atoms with Crippen molar-refractivity contribution in [1.82, 2.24) is 0 Å². The highest BCUT2D eigenvalue weighted by molar-refractivity contribution is 6.69. The lowest BCUT2D eigenvalue weighted by atomic mass is 10.5. The van der Waals surface area contributed by atoms with E-state index in [1.54, 1.807) is 20.3 Å². The number of allylic oxidation sites excluding steroid dienone is 1. The second-order valence-electron chi connectivity index (χ2n) is 3.55. The van der Waals surface area contributed by atoms with E-state index in [9.17, 15) is 0 Å². The van der Waals surface area contributed by atoms with Gasteiger partial charge in [0.1, 0.15) is 5.76 Å². The zero-order valence-corrected chi connectivity index (χ0v) is 10.0. The number of hydrogen-bond donors (Lipinski definition) is 0. The van der Waals surface area contributed by atoms with Gasteiger partial charge < -0.3 is 13.9 Å². The Morgan fingerprint density at radius 2 is 1.69 bits per heavy atom. The smallest absolute Gasteiger partial charge is 0.268 e. The standard InChI is InChI=1S/C9H18O3Si/c1-8(10-2)7-9(11-3)12-13(4,5)6/h7H,1H2,2-6H3. The summed E-state index contributed by atoms with van der Waals surface area (Å²) in [7, 11) is 1.51. The van der Waals surface area contributed by atoms with Crippen LogP contribution in [0.15, 0.2) is 24.4 Å². The first-order valence-corrected chi connectivity index (χ1v) is 7.47. The summed E-state index contributed by atoms with van der Waals surface area (Å²) in [4.78, 5) is 0. The molecule has 0 aromatic heterocycles. The Bertz CT molecular complexity index is 203. The van der Waals surface area contributed by atoms with Crippen LogP contribution in [-0.2, 0) is 13.9 Å². The van der Waals surface area contributed by atoms with E-state index in [1.807, 2.05) is 0 Å². The van der Waals surface area contributed by atoms with Crippen molar-refractivity contribution in [1.29, 1.82) is 0 Å². The minimum Gasteiger partial charge on any atom is -0.520 e. The largest absolute Gasteiger partial charge is 0.520 e. The SMILES string of the molecule is C=C(C=C(OC)O[Si](C)(C)C)OC. The van der Waals surface area contributed by atoms with Crippen LogP contribution in [0.2, 0.25) is 19.6 Å². The average molecular weight is 202 g/mol. The van der Waals surface area contributed by atoms with Gasteiger partial charge >= 0.3 is 0 Å². The Labute approximate surface area is 81.1 Å². The molecule has 0 saturated carbocycles. The fourth-order valence-corrected chi connectivity index (χ4v) is 1.37. The quantitative estimate of drug-likeness (QED) is 0.389. The molecule has 0 saturated heterocycles. The van der Waals surface area contributed by atoms with Crippen LogP contribution < -0.4 is 0 Å².